The van der Waals surface area contributed by atoms with Crippen molar-refractivity contribution in [3.63, 3.8) is 0 Å². The van der Waals surface area contributed by atoms with Crippen molar-refractivity contribution in [2.75, 3.05) is 0 Å². The van der Waals surface area contributed by atoms with E-state index in [-0.39, 0.29) is 35.6 Å². The maximum absolute atomic E-state index is 3.53. The molecule has 0 radical (unpaired) electrons. The third-order valence-corrected chi connectivity index (χ3v) is 13.3. The Morgan fingerprint density at radius 3 is 1.80 bits per heavy atom. The molecule has 2 aromatic rings. The summed E-state index contributed by atoms with van der Waals surface area (Å²) in [6.07, 6.45) is 27.8. The third-order valence-electron chi connectivity index (χ3n) is 12.1. The first-order valence-corrected chi connectivity index (χ1v) is 19.0. The predicted octanol–water partition coefficient (Wildman–Crippen LogP) is 5.47. The van der Waals surface area contributed by atoms with Crippen LogP contribution in [0.15, 0.2) is 48.6 Å². The van der Waals surface area contributed by atoms with Crippen molar-refractivity contribution < 1.29 is 49.0 Å². The van der Waals surface area contributed by atoms with E-state index in [1.807, 2.05) is 0 Å². The van der Waals surface area contributed by atoms with Gasteiger partial charge in [0.15, 0.2) is 0 Å². The number of benzene rings is 2. The number of halogens is 2. The van der Waals surface area contributed by atoms with Crippen LogP contribution in [0.25, 0.3) is 11.1 Å². The van der Waals surface area contributed by atoms with Crippen molar-refractivity contribution >= 4 is 3.21 Å². The van der Waals surface area contributed by atoms with Gasteiger partial charge < -0.3 is 24.8 Å². The molecule has 1 atom stereocenters. The molecule has 46 heavy (non-hydrogen) atoms. The molecule has 0 heterocycles. The molecule has 7 aliphatic carbocycles. The Bertz CT molecular complexity index is 1330. The molecule has 7 aliphatic rings. The average molecular weight is 735 g/mol. The Balaban J connectivity index is 0.000000170. The van der Waals surface area contributed by atoms with Gasteiger partial charge in [-0.1, -0.05) is 88.6 Å². The minimum atomic E-state index is 0. The van der Waals surface area contributed by atoms with E-state index < -0.39 is 0 Å². The van der Waals surface area contributed by atoms with Gasteiger partial charge in [0, 0.05) is 0 Å². The van der Waals surface area contributed by atoms with Crippen LogP contribution in [0, 0.1) is 40.7 Å². The summed E-state index contributed by atoms with van der Waals surface area (Å²) in [6, 6.07) is 15.1. The van der Waals surface area contributed by atoms with E-state index in [9.17, 15) is 0 Å². The molecule has 0 saturated heterocycles. The van der Waals surface area contributed by atoms with Crippen LogP contribution >= 0.6 is 0 Å². The first kappa shape index (κ1) is 38.1. The zero-order valence-corrected chi connectivity index (χ0v) is 33.6. The number of hydrogen-bond acceptors (Lipinski definition) is 0. The fourth-order valence-corrected chi connectivity index (χ4v) is 10.4. The monoisotopic (exact) mass is 732 g/mol. The Morgan fingerprint density at radius 1 is 0.761 bits per heavy atom. The van der Waals surface area contributed by atoms with E-state index in [1.54, 1.807) is 46.7 Å². The van der Waals surface area contributed by atoms with Crippen LogP contribution < -0.4 is 24.8 Å². The fraction of sp³-hybridized carbons (Fsp3) is 0.605. The number of hydrogen-bond donors (Lipinski definition) is 0. The average Bonchev–Trinajstić information content (AvgIpc) is 3.56. The predicted molar refractivity (Wildman–Crippen MR) is 185 cm³/mol. The molecule has 0 N–H and O–H groups in total. The van der Waals surface area contributed by atoms with Crippen molar-refractivity contribution in [2.24, 2.45) is 28.6 Å². The van der Waals surface area contributed by atoms with Crippen molar-refractivity contribution in [3.05, 3.63) is 83.0 Å². The molecule has 5 saturated carbocycles. The standard InChI is InChI=1S/C21H25.C16H21.C6H10.2ClH.Zr/c1-20(2,3)16-9-7-14-11-15-8-10-17(21(4,5)6)13-19(15)18(14)12-16;1-15(4-2-3-5-15)16-9-12-6-13(10-16)8-14(7-12)11-16;1-2-4-6-5-3-1;;;/h7,9-10,12-13H,11H2,1-6H3;2,4-5,12-14H,6-11H2,1H3;1-5H2;2*1H;/q2*-1;;;;+2/p-2. The number of allylic oxidation sites excluding steroid dienone is 4. The van der Waals surface area contributed by atoms with Gasteiger partial charge in [0.2, 0.25) is 0 Å². The quantitative estimate of drug-likeness (QED) is 0.292. The van der Waals surface area contributed by atoms with E-state index >= 15 is 0 Å². The zero-order chi connectivity index (χ0) is 31.3. The maximum atomic E-state index is 3.53. The second-order valence-electron chi connectivity index (χ2n) is 17.6. The van der Waals surface area contributed by atoms with Gasteiger partial charge in [0.25, 0.3) is 0 Å². The summed E-state index contributed by atoms with van der Waals surface area (Å²) in [7, 11) is 0. The molecule has 0 aliphatic heterocycles. The Morgan fingerprint density at radius 2 is 1.33 bits per heavy atom. The van der Waals surface area contributed by atoms with Gasteiger partial charge in [-0.05, 0) is 79.1 Å². The van der Waals surface area contributed by atoms with E-state index in [2.05, 4.69) is 109 Å². The van der Waals surface area contributed by atoms with Crippen LogP contribution in [0.3, 0.4) is 0 Å². The van der Waals surface area contributed by atoms with Crippen molar-refractivity contribution in [1.82, 2.24) is 0 Å². The first-order valence-electron chi connectivity index (χ1n) is 17.8. The molecule has 0 amide bonds. The van der Waals surface area contributed by atoms with E-state index in [0.717, 1.165) is 24.2 Å². The SMILES string of the molecule is CC(C)(C)c1c[c-]c2c(c1)-c1cc(C(C)(C)C)ccc1C2.CC1(C23CC4CC(CC(C4)C2)C3)C=[C-]C=C1.[Cl-].[Cl-].[Zr+2]=[C]1CCCCC1. The summed E-state index contributed by atoms with van der Waals surface area (Å²) in [6.45, 7) is 16.1. The molecule has 3 heteroatoms. The van der Waals surface area contributed by atoms with Gasteiger partial charge in [-0.15, -0.1) is 5.56 Å². The molecule has 4 bridgehead atoms. The second kappa shape index (κ2) is 14.6. The second-order valence-corrected chi connectivity index (χ2v) is 19.4. The molecule has 0 nitrogen and oxygen atoms in total. The van der Waals surface area contributed by atoms with Crippen molar-refractivity contribution in [1.29, 1.82) is 0 Å². The molecular weight excluding hydrogens is 679 g/mol. The van der Waals surface area contributed by atoms with Crippen LogP contribution in [-0.2, 0) is 41.5 Å². The van der Waals surface area contributed by atoms with Gasteiger partial charge >= 0.3 is 59.5 Å². The van der Waals surface area contributed by atoms with Crippen molar-refractivity contribution in [2.45, 2.75) is 136 Å². The number of fused-ring (bicyclic) bond motifs is 3. The molecule has 2 aromatic carbocycles. The summed E-state index contributed by atoms with van der Waals surface area (Å²) in [5.41, 5.74) is 9.71. The van der Waals surface area contributed by atoms with Crippen LogP contribution in [0.4, 0.5) is 0 Å². The molecule has 0 spiro atoms. The molecule has 9 rings (SSSR count). The number of rotatable bonds is 1. The van der Waals surface area contributed by atoms with Gasteiger partial charge in [-0.25, -0.2) is 12.2 Å². The third kappa shape index (κ3) is 8.00. The molecule has 248 valence electrons. The van der Waals surface area contributed by atoms with Gasteiger partial charge in [0.1, 0.15) is 0 Å². The molecule has 5 fully saturated rings. The van der Waals surface area contributed by atoms with Crippen molar-refractivity contribution in [3.8, 4) is 11.1 Å². The summed E-state index contributed by atoms with van der Waals surface area (Å²) in [5, 5.41) is 0. The minimum absolute atomic E-state index is 0. The Labute approximate surface area is 309 Å². The van der Waals surface area contributed by atoms with Crippen LogP contribution in [0.2, 0.25) is 0 Å². The fourth-order valence-electron chi connectivity index (χ4n) is 9.55. The Kier molecular flexibility index (Phi) is 12.1. The summed E-state index contributed by atoms with van der Waals surface area (Å²) in [4.78, 5) is 0. The summed E-state index contributed by atoms with van der Waals surface area (Å²) >= 11 is 1.69. The van der Waals surface area contributed by atoms with E-state index in [4.69, 9.17) is 0 Å². The van der Waals surface area contributed by atoms with Gasteiger partial charge in [0.05, 0.1) is 0 Å². The molecule has 1 unspecified atom stereocenters. The van der Waals surface area contributed by atoms with Crippen LogP contribution in [0.5, 0.6) is 0 Å². The molecular formula is C43H56Cl2Zr-2. The van der Waals surface area contributed by atoms with Gasteiger partial charge in [-0.3, -0.25) is 6.08 Å². The normalized spacial score (nSPS) is 29.8. The molecule has 0 aromatic heterocycles. The Hall–Kier alpha value is -0.747. The van der Waals surface area contributed by atoms with E-state index in [0.29, 0.717) is 10.8 Å². The van der Waals surface area contributed by atoms with Gasteiger partial charge in [-0.2, -0.15) is 35.4 Å². The van der Waals surface area contributed by atoms with Crippen LogP contribution in [-0.4, -0.2) is 3.21 Å². The first-order chi connectivity index (χ1) is 20.7. The van der Waals surface area contributed by atoms with Crippen LogP contribution in [0.1, 0.15) is 141 Å². The van der Waals surface area contributed by atoms with E-state index in [1.165, 1.54) is 84.7 Å². The summed E-state index contributed by atoms with van der Waals surface area (Å²) < 4.78 is 1.80. The zero-order valence-electron chi connectivity index (χ0n) is 29.6. The topological polar surface area (TPSA) is 0 Å². The summed E-state index contributed by atoms with van der Waals surface area (Å²) in [5.74, 6) is 3.18.